The smallest absolute Gasteiger partial charge is 0.258 e. The fourth-order valence-corrected chi connectivity index (χ4v) is 5.51. The van der Waals surface area contributed by atoms with Gasteiger partial charge in [-0.2, -0.15) is 5.21 Å². The van der Waals surface area contributed by atoms with Crippen molar-refractivity contribution in [3.05, 3.63) is 77.9 Å². The fourth-order valence-electron chi connectivity index (χ4n) is 5.51. The van der Waals surface area contributed by atoms with Crippen LogP contribution in [0, 0.1) is 6.92 Å². The van der Waals surface area contributed by atoms with Gasteiger partial charge in [-0.3, -0.25) is 14.7 Å². The van der Waals surface area contributed by atoms with Crippen molar-refractivity contribution in [3.63, 3.8) is 0 Å². The molecule has 1 unspecified atom stereocenters. The average molecular weight is 521 g/mol. The van der Waals surface area contributed by atoms with E-state index in [9.17, 15) is 4.79 Å². The Bertz CT molecular complexity index is 1500. The molecule has 1 amide bonds. The highest BCUT2D eigenvalue weighted by atomic mass is 16.5. The minimum absolute atomic E-state index is 0.0699. The highest BCUT2D eigenvalue weighted by Gasteiger charge is 2.50. The van der Waals surface area contributed by atoms with Gasteiger partial charge < -0.3 is 4.74 Å². The van der Waals surface area contributed by atoms with E-state index in [1.165, 1.54) is 11.1 Å². The molecule has 1 saturated heterocycles. The number of H-pyrrole nitrogens is 1. The third kappa shape index (κ3) is 4.76. The Labute approximate surface area is 228 Å². The lowest BCUT2D eigenvalue weighted by atomic mass is 9.92. The van der Waals surface area contributed by atoms with Crippen molar-refractivity contribution in [2.45, 2.75) is 51.6 Å². The first kappa shape index (κ1) is 25.1. The maximum absolute atomic E-state index is 13.5. The van der Waals surface area contributed by atoms with Crippen LogP contribution < -0.4 is 0 Å². The third-order valence-electron chi connectivity index (χ3n) is 7.72. The Kier molecular flexibility index (Phi) is 6.79. The van der Waals surface area contributed by atoms with Gasteiger partial charge in [0.15, 0.2) is 5.54 Å². The van der Waals surface area contributed by atoms with Crippen LogP contribution in [-0.2, 0) is 16.1 Å². The number of aromatic amines is 1. The number of carbonyl (C=O) groups is 1. The fraction of sp³-hybridized carbons (Fsp3) is 0.323. The number of ether oxygens (including phenoxy) is 1. The molecule has 6 rings (SSSR count). The second-order valence-electron chi connectivity index (χ2n) is 10.4. The molecular formula is C31H32N6O2. The normalized spacial score (nSPS) is 18.8. The molecule has 1 fully saturated rings. The molecule has 0 aliphatic carbocycles. The number of nitrogens with one attached hydrogen (secondary N) is 1. The highest BCUT2D eigenvalue weighted by molar-refractivity contribution is 6.08. The maximum atomic E-state index is 13.5. The highest BCUT2D eigenvalue weighted by Crippen LogP contribution is 2.36. The van der Waals surface area contributed by atoms with Crippen molar-refractivity contribution in [3.8, 4) is 33.6 Å². The second-order valence-corrected chi connectivity index (χ2v) is 10.4. The van der Waals surface area contributed by atoms with Crippen molar-refractivity contribution in [1.29, 1.82) is 0 Å². The van der Waals surface area contributed by atoms with Crippen LogP contribution in [0.5, 0.6) is 0 Å². The zero-order chi connectivity index (χ0) is 26.8. The zero-order valence-corrected chi connectivity index (χ0v) is 22.4. The van der Waals surface area contributed by atoms with E-state index in [1.54, 1.807) is 0 Å². The summed E-state index contributed by atoms with van der Waals surface area (Å²) in [5.41, 5.74) is 6.83. The van der Waals surface area contributed by atoms with Gasteiger partial charge in [-0.25, -0.2) is 0 Å². The van der Waals surface area contributed by atoms with Crippen LogP contribution in [0.15, 0.2) is 71.7 Å². The van der Waals surface area contributed by atoms with Gasteiger partial charge in [0, 0.05) is 25.0 Å². The molecule has 3 heterocycles. The summed E-state index contributed by atoms with van der Waals surface area (Å²) in [6, 6.07) is 23.1. The van der Waals surface area contributed by atoms with Gasteiger partial charge in [0.05, 0.1) is 13.2 Å². The van der Waals surface area contributed by atoms with Crippen LogP contribution in [0.4, 0.5) is 0 Å². The number of amides is 1. The first-order chi connectivity index (χ1) is 19.1. The van der Waals surface area contributed by atoms with Crippen LogP contribution in [-0.4, -0.2) is 56.0 Å². The zero-order valence-electron chi connectivity index (χ0n) is 22.4. The molecule has 1 spiro atoms. The van der Waals surface area contributed by atoms with E-state index in [1.807, 2.05) is 4.90 Å². The first-order valence-corrected chi connectivity index (χ1v) is 13.6. The Morgan fingerprint density at radius 3 is 2.54 bits per heavy atom. The number of carbonyl (C=O) groups excluding carboxylic acids is 1. The van der Waals surface area contributed by atoms with Gasteiger partial charge in [-0.15, -0.1) is 10.2 Å². The summed E-state index contributed by atoms with van der Waals surface area (Å²) in [5.74, 6) is 1.51. The summed E-state index contributed by atoms with van der Waals surface area (Å²) < 4.78 is 5.59. The SMILES string of the molecule is CCCCC1=NC2(CCOC2)C(=O)N1Cc1ccc(-c2cc(-c3ccccc3C)ccc2-c2nn[nH]n2)cc1. The van der Waals surface area contributed by atoms with Gasteiger partial charge in [0.2, 0.25) is 5.82 Å². The Balaban J connectivity index is 1.32. The van der Waals surface area contributed by atoms with E-state index in [4.69, 9.17) is 9.73 Å². The number of aliphatic imine (C=N–C) groups is 1. The summed E-state index contributed by atoms with van der Waals surface area (Å²) in [5, 5.41) is 14.8. The van der Waals surface area contributed by atoms with Crippen molar-refractivity contribution in [2.75, 3.05) is 13.2 Å². The summed E-state index contributed by atoms with van der Waals surface area (Å²) in [6.45, 7) is 5.75. The number of aromatic nitrogens is 4. The molecule has 198 valence electrons. The first-order valence-electron chi connectivity index (χ1n) is 13.6. The number of nitrogens with zero attached hydrogens (tertiary/aromatic N) is 5. The summed E-state index contributed by atoms with van der Waals surface area (Å²) in [7, 11) is 0. The number of rotatable bonds is 8. The third-order valence-corrected chi connectivity index (χ3v) is 7.72. The van der Waals surface area contributed by atoms with Gasteiger partial charge >= 0.3 is 0 Å². The van der Waals surface area contributed by atoms with Crippen LogP contribution in [0.2, 0.25) is 0 Å². The van der Waals surface area contributed by atoms with E-state index < -0.39 is 5.54 Å². The summed E-state index contributed by atoms with van der Waals surface area (Å²) in [4.78, 5) is 20.3. The minimum Gasteiger partial charge on any atom is -0.378 e. The van der Waals surface area contributed by atoms with Gasteiger partial charge in [-0.05, 0) is 64.1 Å². The minimum atomic E-state index is -0.724. The molecule has 1 N–H and O–H groups in total. The Morgan fingerprint density at radius 2 is 1.82 bits per heavy atom. The second kappa shape index (κ2) is 10.5. The molecule has 4 aromatic rings. The Hall–Kier alpha value is -4.17. The molecule has 8 nitrogen and oxygen atoms in total. The molecule has 0 saturated carbocycles. The van der Waals surface area contributed by atoms with Crippen LogP contribution in [0.25, 0.3) is 33.6 Å². The lowest BCUT2D eigenvalue weighted by Crippen LogP contribution is -2.42. The molecule has 1 aromatic heterocycles. The number of hydrogen-bond donors (Lipinski definition) is 1. The van der Waals surface area contributed by atoms with E-state index >= 15 is 0 Å². The van der Waals surface area contributed by atoms with Gasteiger partial charge in [0.1, 0.15) is 5.84 Å². The maximum Gasteiger partial charge on any atom is 0.258 e. The van der Waals surface area contributed by atoms with Crippen LogP contribution >= 0.6 is 0 Å². The van der Waals surface area contributed by atoms with Crippen molar-refractivity contribution < 1.29 is 9.53 Å². The molecule has 0 bridgehead atoms. The predicted molar refractivity (Wildman–Crippen MR) is 151 cm³/mol. The molecule has 1 atom stereocenters. The molecule has 2 aliphatic heterocycles. The largest absolute Gasteiger partial charge is 0.378 e. The van der Waals surface area contributed by atoms with Gasteiger partial charge in [0.25, 0.3) is 5.91 Å². The summed E-state index contributed by atoms with van der Waals surface area (Å²) >= 11 is 0. The van der Waals surface area contributed by atoms with Crippen molar-refractivity contribution in [2.24, 2.45) is 4.99 Å². The number of benzene rings is 3. The molecule has 3 aromatic carbocycles. The van der Waals surface area contributed by atoms with E-state index in [-0.39, 0.29) is 5.91 Å². The van der Waals surface area contributed by atoms with Crippen molar-refractivity contribution in [1.82, 2.24) is 25.5 Å². The van der Waals surface area contributed by atoms with Crippen LogP contribution in [0.3, 0.4) is 0 Å². The van der Waals surface area contributed by atoms with Gasteiger partial charge in [-0.1, -0.05) is 67.9 Å². The number of unbranched alkanes of at least 4 members (excludes halogenated alkanes) is 1. The molecule has 2 aliphatic rings. The molecule has 39 heavy (non-hydrogen) atoms. The number of amidine groups is 1. The lowest BCUT2D eigenvalue weighted by Gasteiger charge is -2.22. The lowest BCUT2D eigenvalue weighted by molar-refractivity contribution is -0.131. The van der Waals surface area contributed by atoms with Crippen molar-refractivity contribution >= 4 is 11.7 Å². The quantitative estimate of drug-likeness (QED) is 0.326. The predicted octanol–water partition coefficient (Wildman–Crippen LogP) is 5.60. The number of aryl methyl sites for hydroxylation is 1. The Morgan fingerprint density at radius 1 is 1.00 bits per heavy atom. The molecule has 0 radical (unpaired) electrons. The standard InChI is InChI=1S/C31H32N6O2/c1-3-4-9-28-32-31(16-17-39-20-31)30(38)37(28)19-22-10-12-23(13-11-22)27-18-24(25-8-6-5-7-21(25)2)14-15-26(27)29-33-35-36-34-29/h5-8,10-15,18H,3-4,9,16-17,19-20H2,1-2H3,(H,33,34,35,36). The van der Waals surface area contributed by atoms with E-state index in [0.29, 0.717) is 32.0 Å². The van der Waals surface area contributed by atoms with E-state index in [2.05, 4.69) is 101 Å². The topological polar surface area (TPSA) is 96.4 Å². The number of hydrogen-bond acceptors (Lipinski definition) is 6. The number of tetrazole rings is 1. The van der Waals surface area contributed by atoms with E-state index in [0.717, 1.165) is 52.9 Å². The molecule has 8 heteroatoms. The van der Waals surface area contributed by atoms with Crippen LogP contribution in [0.1, 0.15) is 43.7 Å². The monoisotopic (exact) mass is 520 g/mol. The average Bonchev–Trinajstić information content (AvgIpc) is 3.72. The summed E-state index contributed by atoms with van der Waals surface area (Å²) in [6.07, 6.45) is 3.53. The molecular weight excluding hydrogens is 488 g/mol.